The van der Waals surface area contributed by atoms with Gasteiger partial charge in [0.15, 0.2) is 0 Å². The van der Waals surface area contributed by atoms with Gasteiger partial charge in [-0.25, -0.2) is 0 Å². The standard InChI is InChI=1S/C21H21N3O3S2/c1-26-5-2-23-21(25)16(13-22)10-17-9-14-8-15-11-20(24-3-6-27-7-4-24)29-19(15)12-18(14)28-17/h8-12H,2-7H2,1H3,(H,23,25)/b16-10+. The molecule has 2 aromatic heterocycles. The first-order valence-corrected chi connectivity index (χ1v) is 11.0. The molecular formula is C21H21N3O3S2. The summed E-state index contributed by atoms with van der Waals surface area (Å²) in [5, 5.41) is 15.7. The first kappa shape index (κ1) is 19.9. The minimum atomic E-state index is -0.377. The van der Waals surface area contributed by atoms with Gasteiger partial charge in [-0.1, -0.05) is 0 Å². The molecule has 29 heavy (non-hydrogen) atoms. The highest BCUT2D eigenvalue weighted by Crippen LogP contribution is 2.38. The molecule has 1 amide bonds. The van der Waals surface area contributed by atoms with Crippen LogP contribution in [0.4, 0.5) is 5.00 Å². The number of anilines is 1. The number of hydrogen-bond acceptors (Lipinski definition) is 7. The summed E-state index contributed by atoms with van der Waals surface area (Å²) in [5.74, 6) is -0.377. The first-order valence-electron chi connectivity index (χ1n) is 9.36. The summed E-state index contributed by atoms with van der Waals surface area (Å²) < 4.78 is 12.8. The number of rotatable bonds is 6. The maximum Gasteiger partial charge on any atom is 0.262 e. The molecular weight excluding hydrogens is 406 g/mol. The van der Waals surface area contributed by atoms with E-state index in [0.717, 1.165) is 41.3 Å². The van der Waals surface area contributed by atoms with Crippen LogP contribution in [0.15, 0.2) is 29.8 Å². The van der Waals surface area contributed by atoms with E-state index >= 15 is 0 Å². The summed E-state index contributed by atoms with van der Waals surface area (Å²) in [4.78, 5) is 15.4. The van der Waals surface area contributed by atoms with Crippen molar-refractivity contribution in [3.05, 3.63) is 34.7 Å². The Bertz CT molecular complexity index is 1050. The van der Waals surface area contributed by atoms with Crippen LogP contribution in [0.3, 0.4) is 0 Å². The summed E-state index contributed by atoms with van der Waals surface area (Å²) in [7, 11) is 1.57. The van der Waals surface area contributed by atoms with E-state index in [-0.39, 0.29) is 11.5 Å². The second-order valence-electron chi connectivity index (χ2n) is 6.68. The largest absolute Gasteiger partial charge is 0.383 e. The van der Waals surface area contributed by atoms with Gasteiger partial charge in [0.05, 0.1) is 24.8 Å². The zero-order chi connectivity index (χ0) is 20.2. The van der Waals surface area contributed by atoms with Crippen molar-refractivity contribution in [1.29, 1.82) is 5.26 Å². The van der Waals surface area contributed by atoms with Gasteiger partial charge in [-0.3, -0.25) is 4.79 Å². The summed E-state index contributed by atoms with van der Waals surface area (Å²) in [6.07, 6.45) is 1.65. The number of carbonyl (C=O) groups excluding carboxylic acids is 1. The highest BCUT2D eigenvalue weighted by Gasteiger charge is 2.15. The highest BCUT2D eigenvalue weighted by atomic mass is 32.1. The van der Waals surface area contributed by atoms with Gasteiger partial charge in [0, 0.05) is 41.0 Å². The number of nitrogens with zero attached hydrogens (tertiary/aromatic N) is 2. The van der Waals surface area contributed by atoms with Crippen LogP contribution >= 0.6 is 22.7 Å². The number of amides is 1. The average Bonchev–Trinajstić information content (AvgIpc) is 3.33. The first-order chi connectivity index (χ1) is 14.2. The molecule has 0 spiro atoms. The van der Waals surface area contributed by atoms with E-state index < -0.39 is 0 Å². The van der Waals surface area contributed by atoms with Crippen molar-refractivity contribution < 1.29 is 14.3 Å². The number of nitriles is 1. The summed E-state index contributed by atoms with van der Waals surface area (Å²) in [5.41, 5.74) is 0.101. The zero-order valence-corrected chi connectivity index (χ0v) is 17.7. The molecule has 0 unspecified atom stereocenters. The van der Waals surface area contributed by atoms with Gasteiger partial charge >= 0.3 is 0 Å². The molecule has 0 radical (unpaired) electrons. The predicted octanol–water partition coefficient (Wildman–Crippen LogP) is 3.62. The van der Waals surface area contributed by atoms with Crippen LogP contribution in [-0.4, -0.2) is 52.5 Å². The van der Waals surface area contributed by atoms with E-state index in [1.54, 1.807) is 35.9 Å². The lowest BCUT2D eigenvalue weighted by Crippen LogP contribution is -2.35. The molecule has 1 saturated heterocycles. The van der Waals surface area contributed by atoms with Gasteiger partial charge < -0.3 is 19.7 Å². The second-order valence-corrected chi connectivity index (χ2v) is 8.86. The quantitative estimate of drug-likeness (QED) is 0.369. The van der Waals surface area contributed by atoms with Crippen LogP contribution in [0.25, 0.3) is 26.2 Å². The monoisotopic (exact) mass is 427 g/mol. The van der Waals surface area contributed by atoms with Crippen molar-refractivity contribution in [2.45, 2.75) is 0 Å². The molecule has 1 aliphatic heterocycles. The topological polar surface area (TPSA) is 74.6 Å². The Morgan fingerprint density at radius 2 is 2.00 bits per heavy atom. The Morgan fingerprint density at radius 1 is 1.24 bits per heavy atom. The Hall–Kier alpha value is -2.44. The maximum atomic E-state index is 12.1. The highest BCUT2D eigenvalue weighted by molar-refractivity contribution is 7.24. The lowest BCUT2D eigenvalue weighted by molar-refractivity contribution is -0.117. The van der Waals surface area contributed by atoms with E-state index in [2.05, 4.69) is 28.4 Å². The lowest BCUT2D eigenvalue weighted by Gasteiger charge is -2.27. The van der Waals surface area contributed by atoms with E-state index in [9.17, 15) is 10.1 Å². The molecule has 0 saturated carbocycles. The second kappa shape index (κ2) is 8.93. The molecule has 0 atom stereocenters. The van der Waals surface area contributed by atoms with Crippen LogP contribution in [0.1, 0.15) is 4.88 Å². The summed E-state index contributed by atoms with van der Waals surface area (Å²) in [6, 6.07) is 10.6. The Labute approximate surface area is 176 Å². The third kappa shape index (κ3) is 4.43. The lowest BCUT2D eigenvalue weighted by atomic mass is 10.2. The van der Waals surface area contributed by atoms with Gasteiger partial charge in [0.1, 0.15) is 11.6 Å². The van der Waals surface area contributed by atoms with E-state index in [1.165, 1.54) is 15.1 Å². The van der Waals surface area contributed by atoms with Crippen molar-refractivity contribution in [2.24, 2.45) is 0 Å². The number of hydrogen-bond donors (Lipinski definition) is 1. The minimum absolute atomic E-state index is 0.101. The fourth-order valence-corrected chi connectivity index (χ4v) is 5.49. The Kier molecular flexibility index (Phi) is 6.11. The third-order valence-electron chi connectivity index (χ3n) is 4.73. The van der Waals surface area contributed by atoms with E-state index in [0.29, 0.717) is 13.2 Å². The smallest absolute Gasteiger partial charge is 0.262 e. The number of methoxy groups -OCH3 is 1. The van der Waals surface area contributed by atoms with Crippen molar-refractivity contribution in [2.75, 3.05) is 51.5 Å². The molecule has 3 heterocycles. The molecule has 4 rings (SSSR count). The van der Waals surface area contributed by atoms with Crippen LogP contribution in [0.2, 0.25) is 0 Å². The van der Waals surface area contributed by atoms with Crippen molar-refractivity contribution in [1.82, 2.24) is 5.32 Å². The van der Waals surface area contributed by atoms with Crippen LogP contribution in [0.5, 0.6) is 0 Å². The van der Waals surface area contributed by atoms with Gasteiger partial charge in [0.2, 0.25) is 0 Å². The van der Waals surface area contributed by atoms with Gasteiger partial charge in [0.25, 0.3) is 5.91 Å². The molecule has 8 heteroatoms. The summed E-state index contributed by atoms with van der Waals surface area (Å²) in [6.45, 7) is 4.21. The molecule has 0 bridgehead atoms. The third-order valence-corrected chi connectivity index (χ3v) is 6.93. The maximum absolute atomic E-state index is 12.1. The summed E-state index contributed by atoms with van der Waals surface area (Å²) >= 11 is 3.38. The molecule has 0 aliphatic carbocycles. The fourth-order valence-electron chi connectivity index (χ4n) is 3.25. The SMILES string of the molecule is COCCNC(=O)/C(C#N)=C/c1cc2cc3cc(N4CCOCC4)sc3cc2s1. The number of nitrogens with one attached hydrogen (secondary N) is 1. The molecule has 6 nitrogen and oxygen atoms in total. The predicted molar refractivity (Wildman–Crippen MR) is 119 cm³/mol. The average molecular weight is 428 g/mol. The van der Waals surface area contributed by atoms with Crippen molar-refractivity contribution in [3.8, 4) is 6.07 Å². The number of benzene rings is 1. The number of thiophene rings is 2. The van der Waals surface area contributed by atoms with Crippen molar-refractivity contribution in [3.63, 3.8) is 0 Å². The van der Waals surface area contributed by atoms with E-state index in [1.807, 2.05) is 12.1 Å². The number of fused-ring (bicyclic) bond motifs is 2. The molecule has 150 valence electrons. The Morgan fingerprint density at radius 3 is 2.76 bits per heavy atom. The van der Waals surface area contributed by atoms with Crippen LogP contribution in [-0.2, 0) is 14.3 Å². The molecule has 1 aromatic carbocycles. The van der Waals surface area contributed by atoms with Gasteiger partial charge in [-0.15, -0.1) is 22.7 Å². The van der Waals surface area contributed by atoms with Crippen molar-refractivity contribution >= 4 is 59.8 Å². The number of morpholine rings is 1. The minimum Gasteiger partial charge on any atom is -0.383 e. The van der Waals surface area contributed by atoms with Crippen LogP contribution in [0, 0.1) is 11.3 Å². The number of carbonyl (C=O) groups is 1. The molecule has 1 fully saturated rings. The normalized spacial score (nSPS) is 15.0. The fraction of sp³-hybridized carbons (Fsp3) is 0.333. The van der Waals surface area contributed by atoms with Gasteiger partial charge in [-0.05, 0) is 41.1 Å². The zero-order valence-electron chi connectivity index (χ0n) is 16.1. The molecule has 3 aromatic rings. The number of ether oxygens (including phenoxy) is 2. The molecule has 1 aliphatic rings. The van der Waals surface area contributed by atoms with Crippen LogP contribution < -0.4 is 10.2 Å². The van der Waals surface area contributed by atoms with Gasteiger partial charge in [-0.2, -0.15) is 5.26 Å². The van der Waals surface area contributed by atoms with E-state index in [4.69, 9.17) is 9.47 Å². The Balaban J connectivity index is 1.59. The molecule has 1 N–H and O–H groups in total.